The van der Waals surface area contributed by atoms with Gasteiger partial charge in [-0.05, 0) is 49.7 Å². The lowest BCUT2D eigenvalue weighted by Crippen LogP contribution is -2.47. The van der Waals surface area contributed by atoms with E-state index in [0.29, 0.717) is 18.8 Å². The highest BCUT2D eigenvalue weighted by Gasteiger charge is 2.40. The molecule has 1 saturated heterocycles. The highest BCUT2D eigenvalue weighted by atomic mass is 16.2. The average Bonchev–Trinajstić information content (AvgIpc) is 3.13. The zero-order valence-corrected chi connectivity index (χ0v) is 17.3. The quantitative estimate of drug-likeness (QED) is 0.860. The van der Waals surface area contributed by atoms with Gasteiger partial charge in [-0.3, -0.25) is 9.59 Å². The topological polar surface area (TPSA) is 80.1 Å². The van der Waals surface area contributed by atoms with Crippen molar-refractivity contribution in [1.82, 2.24) is 25.0 Å². The summed E-state index contributed by atoms with van der Waals surface area (Å²) in [7, 11) is 0. The number of carbonyl (C=O) groups is 2. The van der Waals surface area contributed by atoms with Gasteiger partial charge in [0.05, 0.1) is 6.42 Å². The van der Waals surface area contributed by atoms with Gasteiger partial charge in [0.1, 0.15) is 5.82 Å². The lowest BCUT2D eigenvalue weighted by molar-refractivity contribution is -0.133. The van der Waals surface area contributed by atoms with E-state index in [9.17, 15) is 9.59 Å². The maximum Gasteiger partial charge on any atom is 0.289 e. The number of aromatic nitrogens is 3. The molecule has 0 saturated carbocycles. The Bertz CT molecular complexity index is 912. The Hall–Kier alpha value is -2.70. The van der Waals surface area contributed by atoms with Gasteiger partial charge in [-0.15, -0.1) is 10.2 Å². The van der Waals surface area contributed by atoms with Crippen molar-refractivity contribution >= 4 is 11.8 Å². The molecule has 1 aromatic carbocycles. The number of likely N-dealkylation sites (tertiary alicyclic amines) is 1. The molecule has 2 amide bonds. The number of benzene rings is 1. The predicted molar refractivity (Wildman–Crippen MR) is 109 cm³/mol. The van der Waals surface area contributed by atoms with Crippen LogP contribution >= 0.6 is 0 Å². The molecule has 1 fully saturated rings. The van der Waals surface area contributed by atoms with E-state index in [-0.39, 0.29) is 17.2 Å². The minimum atomic E-state index is -0.158. The van der Waals surface area contributed by atoms with E-state index in [1.165, 1.54) is 5.56 Å². The number of nitrogens with zero attached hydrogens (tertiary/aromatic N) is 4. The minimum Gasteiger partial charge on any atom is -0.350 e. The average molecular weight is 396 g/mol. The second-order valence-corrected chi connectivity index (χ2v) is 8.37. The van der Waals surface area contributed by atoms with E-state index < -0.39 is 0 Å². The summed E-state index contributed by atoms with van der Waals surface area (Å²) in [5.74, 6) is 1.36. The fourth-order valence-corrected chi connectivity index (χ4v) is 4.61. The van der Waals surface area contributed by atoms with E-state index in [0.717, 1.165) is 56.7 Å². The predicted octanol–water partition coefficient (Wildman–Crippen LogP) is 2.13. The van der Waals surface area contributed by atoms with Crippen LogP contribution in [0.2, 0.25) is 0 Å². The Morgan fingerprint density at radius 2 is 1.90 bits per heavy atom. The summed E-state index contributed by atoms with van der Waals surface area (Å²) >= 11 is 0. The molecular formula is C22H29N5O2. The van der Waals surface area contributed by atoms with Crippen molar-refractivity contribution in [2.24, 2.45) is 5.41 Å². The molecule has 7 nitrogen and oxygen atoms in total. The molecule has 0 unspecified atom stereocenters. The Labute approximate surface area is 171 Å². The second-order valence-electron chi connectivity index (χ2n) is 8.37. The van der Waals surface area contributed by atoms with Crippen LogP contribution in [0.1, 0.15) is 53.8 Å². The maximum absolute atomic E-state index is 12.8. The van der Waals surface area contributed by atoms with E-state index in [1.807, 2.05) is 34.6 Å². The summed E-state index contributed by atoms with van der Waals surface area (Å²) in [6, 6.07) is 8.09. The van der Waals surface area contributed by atoms with Crippen LogP contribution < -0.4 is 5.32 Å². The van der Waals surface area contributed by atoms with Crippen molar-refractivity contribution in [3.8, 4) is 0 Å². The van der Waals surface area contributed by atoms with Crippen LogP contribution in [-0.2, 0) is 24.2 Å². The number of nitrogens with one attached hydrogen (secondary N) is 1. The molecule has 0 atom stereocenters. The molecule has 0 bridgehead atoms. The maximum atomic E-state index is 12.8. The van der Waals surface area contributed by atoms with Crippen LogP contribution in [0.3, 0.4) is 0 Å². The summed E-state index contributed by atoms with van der Waals surface area (Å²) in [5.41, 5.74) is 2.39. The summed E-state index contributed by atoms with van der Waals surface area (Å²) < 4.78 is 2.00. The Morgan fingerprint density at radius 3 is 2.62 bits per heavy atom. The van der Waals surface area contributed by atoms with E-state index in [1.54, 1.807) is 0 Å². The van der Waals surface area contributed by atoms with Crippen LogP contribution in [-0.4, -0.2) is 51.1 Å². The number of hydrogen-bond donors (Lipinski definition) is 1. The van der Waals surface area contributed by atoms with Crippen LogP contribution in [0.15, 0.2) is 24.3 Å². The van der Waals surface area contributed by atoms with Crippen molar-refractivity contribution in [3.05, 3.63) is 47.0 Å². The molecular weight excluding hydrogens is 366 g/mol. The van der Waals surface area contributed by atoms with E-state index in [2.05, 4.69) is 28.5 Å². The zero-order chi connectivity index (χ0) is 20.4. The largest absolute Gasteiger partial charge is 0.350 e. The number of fused-ring (bicyclic) bond motifs is 1. The van der Waals surface area contributed by atoms with Crippen LogP contribution in [0.4, 0.5) is 0 Å². The highest BCUT2D eigenvalue weighted by molar-refractivity contribution is 5.90. The van der Waals surface area contributed by atoms with Crippen molar-refractivity contribution in [3.63, 3.8) is 0 Å². The van der Waals surface area contributed by atoms with Gasteiger partial charge in [0, 0.05) is 32.6 Å². The molecule has 0 radical (unpaired) electrons. The molecule has 0 aliphatic carbocycles. The molecule has 2 aromatic rings. The first-order valence-corrected chi connectivity index (χ1v) is 10.5. The fourth-order valence-electron chi connectivity index (χ4n) is 4.61. The first-order chi connectivity index (χ1) is 14.0. The lowest BCUT2D eigenvalue weighted by atomic mass is 9.73. The molecule has 2 aliphatic heterocycles. The molecule has 29 heavy (non-hydrogen) atoms. The molecule has 7 heteroatoms. The van der Waals surface area contributed by atoms with Gasteiger partial charge in [0.2, 0.25) is 11.7 Å². The van der Waals surface area contributed by atoms with Gasteiger partial charge < -0.3 is 14.8 Å². The Kier molecular flexibility index (Phi) is 5.39. The van der Waals surface area contributed by atoms with E-state index >= 15 is 0 Å². The zero-order valence-electron chi connectivity index (χ0n) is 17.3. The third-order valence-corrected chi connectivity index (χ3v) is 6.52. The van der Waals surface area contributed by atoms with Gasteiger partial charge in [-0.25, -0.2) is 0 Å². The smallest absolute Gasteiger partial charge is 0.289 e. The third kappa shape index (κ3) is 3.91. The third-order valence-electron chi connectivity index (χ3n) is 6.52. The fraction of sp³-hybridized carbons (Fsp3) is 0.545. The Morgan fingerprint density at radius 1 is 1.14 bits per heavy atom. The van der Waals surface area contributed by atoms with Gasteiger partial charge in [0.25, 0.3) is 5.91 Å². The number of rotatable bonds is 4. The van der Waals surface area contributed by atoms with Crippen molar-refractivity contribution in [2.75, 3.05) is 19.6 Å². The summed E-state index contributed by atoms with van der Waals surface area (Å²) in [4.78, 5) is 27.1. The molecule has 3 heterocycles. The number of amides is 2. The van der Waals surface area contributed by atoms with Gasteiger partial charge in [-0.2, -0.15) is 0 Å². The minimum absolute atomic E-state index is 0.121. The molecule has 4 rings (SSSR count). The van der Waals surface area contributed by atoms with Gasteiger partial charge >= 0.3 is 0 Å². The number of aryl methyl sites for hydroxylation is 2. The SMILES string of the molecule is CCNC(=O)c1nnc2n1CC1(CC2)CCN(C(=O)Cc2ccccc2C)CC1. The number of piperidine rings is 1. The Balaban J connectivity index is 1.41. The summed E-state index contributed by atoms with van der Waals surface area (Å²) in [6.45, 7) is 6.85. The van der Waals surface area contributed by atoms with Crippen molar-refractivity contribution < 1.29 is 9.59 Å². The lowest BCUT2D eigenvalue weighted by Gasteiger charge is -2.44. The highest BCUT2D eigenvalue weighted by Crippen LogP contribution is 2.41. The van der Waals surface area contributed by atoms with Gasteiger partial charge in [-0.1, -0.05) is 24.3 Å². The van der Waals surface area contributed by atoms with Crippen LogP contribution in [0, 0.1) is 12.3 Å². The number of carbonyl (C=O) groups excluding carboxylic acids is 2. The summed E-state index contributed by atoms with van der Waals surface area (Å²) in [5, 5.41) is 11.2. The first kappa shape index (κ1) is 19.6. The summed E-state index contributed by atoms with van der Waals surface area (Å²) in [6.07, 6.45) is 4.26. The molecule has 1 spiro atoms. The standard InChI is InChI=1S/C22H29N5O2/c1-3-23-21(29)20-25-24-18-8-9-22(15-27(18)20)10-12-26(13-11-22)19(28)14-17-7-5-4-6-16(17)2/h4-7H,3,8-15H2,1-2H3,(H,23,29). The first-order valence-electron chi connectivity index (χ1n) is 10.5. The normalized spacial score (nSPS) is 17.8. The molecule has 154 valence electrons. The number of hydrogen-bond acceptors (Lipinski definition) is 4. The van der Waals surface area contributed by atoms with Crippen LogP contribution in [0.5, 0.6) is 0 Å². The van der Waals surface area contributed by atoms with Crippen molar-refractivity contribution in [1.29, 1.82) is 0 Å². The van der Waals surface area contributed by atoms with Crippen molar-refractivity contribution in [2.45, 2.75) is 52.5 Å². The van der Waals surface area contributed by atoms with E-state index in [4.69, 9.17) is 0 Å². The van der Waals surface area contributed by atoms with Gasteiger partial charge in [0.15, 0.2) is 0 Å². The molecule has 2 aliphatic rings. The molecule has 1 aromatic heterocycles. The molecule has 1 N–H and O–H groups in total. The second kappa shape index (κ2) is 7.97. The van der Waals surface area contributed by atoms with Crippen LogP contribution in [0.25, 0.3) is 0 Å². The monoisotopic (exact) mass is 395 g/mol.